The summed E-state index contributed by atoms with van der Waals surface area (Å²) in [4.78, 5) is 15.2. The van der Waals surface area contributed by atoms with E-state index in [9.17, 15) is 13.2 Å². The van der Waals surface area contributed by atoms with Gasteiger partial charge in [0.1, 0.15) is 0 Å². The van der Waals surface area contributed by atoms with E-state index in [1.807, 2.05) is 6.92 Å². The molecule has 0 unspecified atom stereocenters. The fourth-order valence-corrected chi connectivity index (χ4v) is 3.23. The molecule has 0 bridgehead atoms. The molecular formula is C16H18N6O4S. The van der Waals surface area contributed by atoms with Gasteiger partial charge in [0, 0.05) is 25.4 Å². The van der Waals surface area contributed by atoms with Crippen molar-refractivity contribution in [2.75, 3.05) is 5.32 Å². The fraction of sp³-hybridized carbons (Fsp3) is 0.250. The first-order chi connectivity index (χ1) is 12.9. The van der Waals surface area contributed by atoms with Gasteiger partial charge >= 0.3 is 0 Å². The molecule has 3 rings (SSSR count). The van der Waals surface area contributed by atoms with Gasteiger partial charge in [0.05, 0.1) is 23.2 Å². The van der Waals surface area contributed by atoms with Crippen molar-refractivity contribution in [1.82, 2.24) is 24.6 Å². The van der Waals surface area contributed by atoms with E-state index in [2.05, 4.69) is 25.3 Å². The Labute approximate surface area is 155 Å². The summed E-state index contributed by atoms with van der Waals surface area (Å²) >= 11 is 0. The number of aryl methyl sites for hydroxylation is 1. The number of aromatic nitrogens is 4. The van der Waals surface area contributed by atoms with E-state index in [0.29, 0.717) is 23.6 Å². The van der Waals surface area contributed by atoms with E-state index in [1.54, 1.807) is 17.1 Å². The molecule has 0 aliphatic heterocycles. The summed E-state index contributed by atoms with van der Waals surface area (Å²) in [5.41, 5.74) is 1.19. The lowest BCUT2D eigenvalue weighted by atomic mass is 10.3. The van der Waals surface area contributed by atoms with Gasteiger partial charge in [0.25, 0.3) is 0 Å². The minimum atomic E-state index is -3.77. The zero-order chi connectivity index (χ0) is 19.4. The highest BCUT2D eigenvalue weighted by Gasteiger charge is 2.17. The molecule has 2 heterocycles. The molecule has 142 valence electrons. The third kappa shape index (κ3) is 4.57. The second-order valence-electron chi connectivity index (χ2n) is 5.63. The number of anilines is 1. The van der Waals surface area contributed by atoms with Crippen molar-refractivity contribution in [3.05, 3.63) is 42.5 Å². The molecule has 11 heteroatoms. The number of amides is 1. The van der Waals surface area contributed by atoms with E-state index in [4.69, 9.17) is 4.52 Å². The number of nitrogens with zero attached hydrogens (tertiary/aromatic N) is 4. The summed E-state index contributed by atoms with van der Waals surface area (Å²) in [5.74, 6) is 0.233. The second kappa shape index (κ2) is 7.68. The van der Waals surface area contributed by atoms with Crippen LogP contribution in [0, 0.1) is 0 Å². The summed E-state index contributed by atoms with van der Waals surface area (Å²) in [5, 5.41) is 10.5. The van der Waals surface area contributed by atoms with Crippen molar-refractivity contribution in [3.63, 3.8) is 0 Å². The van der Waals surface area contributed by atoms with Crippen LogP contribution in [0.5, 0.6) is 0 Å². The molecule has 27 heavy (non-hydrogen) atoms. The van der Waals surface area contributed by atoms with Crippen LogP contribution in [0.1, 0.15) is 19.7 Å². The third-order valence-corrected chi connectivity index (χ3v) is 5.00. The van der Waals surface area contributed by atoms with Crippen LogP contribution in [-0.2, 0) is 27.9 Å². The van der Waals surface area contributed by atoms with E-state index >= 15 is 0 Å². The smallest absolute Gasteiger partial charge is 0.242 e. The number of nitrogens with one attached hydrogen (secondary N) is 2. The molecule has 1 aromatic carbocycles. The maximum Gasteiger partial charge on any atom is 0.242 e. The van der Waals surface area contributed by atoms with Gasteiger partial charge in [-0.25, -0.2) is 13.1 Å². The van der Waals surface area contributed by atoms with Gasteiger partial charge in [-0.05, 0) is 31.2 Å². The van der Waals surface area contributed by atoms with Crippen molar-refractivity contribution in [2.24, 2.45) is 0 Å². The van der Waals surface area contributed by atoms with Crippen molar-refractivity contribution in [1.29, 1.82) is 0 Å². The maximum atomic E-state index is 12.4. The minimum Gasteiger partial charge on any atom is -0.338 e. The van der Waals surface area contributed by atoms with Gasteiger partial charge < -0.3 is 9.84 Å². The monoisotopic (exact) mass is 390 g/mol. The molecule has 1 amide bonds. The largest absolute Gasteiger partial charge is 0.338 e. The first-order valence-corrected chi connectivity index (χ1v) is 9.58. The quantitative estimate of drug-likeness (QED) is 0.623. The van der Waals surface area contributed by atoms with Crippen LogP contribution in [0.3, 0.4) is 0 Å². The first-order valence-electron chi connectivity index (χ1n) is 8.10. The Hall–Kier alpha value is -3.05. The molecule has 0 spiro atoms. The summed E-state index contributed by atoms with van der Waals surface area (Å²) in [6.07, 6.45) is 3.38. The molecule has 0 saturated heterocycles. The number of benzene rings is 1. The molecule has 10 nitrogen and oxygen atoms in total. The average molecular weight is 390 g/mol. The zero-order valence-corrected chi connectivity index (χ0v) is 15.5. The van der Waals surface area contributed by atoms with Crippen molar-refractivity contribution in [2.45, 2.75) is 31.8 Å². The van der Waals surface area contributed by atoms with Crippen LogP contribution < -0.4 is 10.0 Å². The minimum absolute atomic E-state index is 0.0561. The van der Waals surface area contributed by atoms with Gasteiger partial charge in [-0.1, -0.05) is 5.16 Å². The number of sulfonamides is 1. The standard InChI is InChI=1S/C16H18N6O4S/c1-3-22-10-12(8-17-22)16-20-15(26-21-16)9-18-27(24,25)14-6-4-13(5-7-14)19-11(2)23/h4-8,10,18H,3,9H2,1-2H3,(H,19,23). The third-order valence-electron chi connectivity index (χ3n) is 3.58. The summed E-state index contributed by atoms with van der Waals surface area (Å²) in [6, 6.07) is 5.80. The highest BCUT2D eigenvalue weighted by molar-refractivity contribution is 7.89. The van der Waals surface area contributed by atoms with Gasteiger partial charge in [0.15, 0.2) is 0 Å². The Bertz CT molecular complexity index is 1040. The number of hydrogen-bond acceptors (Lipinski definition) is 7. The average Bonchev–Trinajstić information content (AvgIpc) is 3.29. The molecule has 0 radical (unpaired) electrons. The maximum absolute atomic E-state index is 12.4. The van der Waals surface area contributed by atoms with Crippen LogP contribution in [0.15, 0.2) is 46.1 Å². The number of carbonyl (C=O) groups excluding carboxylic acids is 1. The van der Waals surface area contributed by atoms with Crippen LogP contribution in [0.2, 0.25) is 0 Å². The van der Waals surface area contributed by atoms with Gasteiger partial charge in [0.2, 0.25) is 27.6 Å². The predicted octanol–water partition coefficient (Wildman–Crippen LogP) is 1.39. The van der Waals surface area contributed by atoms with Crippen LogP contribution >= 0.6 is 0 Å². The molecule has 3 aromatic rings. The van der Waals surface area contributed by atoms with E-state index in [1.165, 1.54) is 31.2 Å². The second-order valence-corrected chi connectivity index (χ2v) is 7.39. The molecule has 0 aliphatic carbocycles. The summed E-state index contributed by atoms with van der Waals surface area (Å²) < 4.78 is 33.9. The van der Waals surface area contributed by atoms with Crippen LogP contribution in [-0.4, -0.2) is 34.2 Å². The zero-order valence-electron chi connectivity index (χ0n) is 14.7. The number of rotatable bonds is 7. The molecule has 0 fully saturated rings. The molecule has 0 saturated carbocycles. The lowest BCUT2D eigenvalue weighted by molar-refractivity contribution is -0.114. The Balaban J connectivity index is 1.66. The summed E-state index contributed by atoms with van der Waals surface area (Å²) in [6.45, 7) is 3.89. The molecule has 2 aromatic heterocycles. The Morgan fingerprint density at radius 1 is 1.26 bits per heavy atom. The fourth-order valence-electron chi connectivity index (χ4n) is 2.26. The van der Waals surface area contributed by atoms with E-state index in [0.717, 1.165) is 0 Å². The SMILES string of the molecule is CCn1cc(-c2noc(CNS(=O)(=O)c3ccc(NC(C)=O)cc3)n2)cn1. The number of hydrogen-bond donors (Lipinski definition) is 2. The van der Waals surface area contributed by atoms with Crippen LogP contribution in [0.4, 0.5) is 5.69 Å². The molecule has 2 N–H and O–H groups in total. The van der Waals surface area contributed by atoms with Crippen LogP contribution in [0.25, 0.3) is 11.4 Å². The molecule has 0 aliphatic rings. The van der Waals surface area contributed by atoms with Crippen molar-refractivity contribution < 1.29 is 17.7 Å². The van der Waals surface area contributed by atoms with E-state index < -0.39 is 10.0 Å². The molecule has 0 atom stereocenters. The normalized spacial score (nSPS) is 11.5. The highest BCUT2D eigenvalue weighted by atomic mass is 32.2. The van der Waals surface area contributed by atoms with Gasteiger partial charge in [-0.3, -0.25) is 9.48 Å². The molecular weight excluding hydrogens is 372 g/mol. The lowest BCUT2D eigenvalue weighted by Gasteiger charge is -2.06. The summed E-state index contributed by atoms with van der Waals surface area (Å²) in [7, 11) is -3.77. The highest BCUT2D eigenvalue weighted by Crippen LogP contribution is 2.16. The van der Waals surface area contributed by atoms with E-state index in [-0.39, 0.29) is 23.2 Å². The Kier molecular flexibility index (Phi) is 5.33. The first kappa shape index (κ1) is 18.7. The van der Waals surface area contributed by atoms with Gasteiger partial charge in [-0.15, -0.1) is 0 Å². The van der Waals surface area contributed by atoms with Crippen molar-refractivity contribution >= 4 is 21.6 Å². The Morgan fingerprint density at radius 3 is 2.63 bits per heavy atom. The number of carbonyl (C=O) groups is 1. The lowest BCUT2D eigenvalue weighted by Crippen LogP contribution is -2.23. The van der Waals surface area contributed by atoms with Crippen molar-refractivity contribution in [3.8, 4) is 11.4 Å². The topological polar surface area (TPSA) is 132 Å². The predicted molar refractivity (Wildman–Crippen MR) is 96.0 cm³/mol. The van der Waals surface area contributed by atoms with Gasteiger partial charge in [-0.2, -0.15) is 10.1 Å². The Morgan fingerprint density at radius 2 is 2.00 bits per heavy atom.